The molecule has 0 saturated heterocycles. The lowest BCUT2D eigenvalue weighted by Gasteiger charge is -2.22. The van der Waals surface area contributed by atoms with E-state index in [2.05, 4.69) is 11.4 Å². The van der Waals surface area contributed by atoms with Crippen LogP contribution in [0.4, 0.5) is 5.00 Å². The van der Waals surface area contributed by atoms with Gasteiger partial charge in [-0.25, -0.2) is 0 Å². The van der Waals surface area contributed by atoms with Crippen LogP contribution < -0.4 is 10.1 Å². The van der Waals surface area contributed by atoms with Crippen molar-refractivity contribution in [1.29, 1.82) is 5.26 Å². The second kappa shape index (κ2) is 7.42. The third-order valence-electron chi connectivity index (χ3n) is 4.96. The lowest BCUT2D eigenvalue weighted by atomic mass is 9.96. The molecule has 1 aromatic carbocycles. The smallest absolute Gasteiger partial charge is 0.249 e. The number of anilines is 1. The van der Waals surface area contributed by atoms with Gasteiger partial charge in [0, 0.05) is 16.5 Å². The number of para-hydroxylation sites is 1. The highest BCUT2D eigenvalue weighted by molar-refractivity contribution is 7.16. The number of rotatable bonds is 3. The predicted octanol–water partition coefficient (Wildman–Crippen LogP) is 4.86. The molecule has 136 valence electrons. The molecule has 1 N–H and O–H groups in total. The van der Waals surface area contributed by atoms with Gasteiger partial charge in [-0.15, -0.1) is 11.3 Å². The summed E-state index contributed by atoms with van der Waals surface area (Å²) in [6.45, 7) is 1.96. The quantitative estimate of drug-likeness (QED) is 0.778. The van der Waals surface area contributed by atoms with Gasteiger partial charge < -0.3 is 10.1 Å². The third-order valence-corrected chi connectivity index (χ3v) is 6.17. The number of ether oxygens (including phenoxy) is 1. The summed E-state index contributed by atoms with van der Waals surface area (Å²) in [5.41, 5.74) is 3.71. The van der Waals surface area contributed by atoms with Crippen LogP contribution in [0.3, 0.4) is 0 Å². The first-order valence-electron chi connectivity index (χ1n) is 9.16. The van der Waals surface area contributed by atoms with Crippen LogP contribution in [-0.4, -0.2) is 12.0 Å². The van der Waals surface area contributed by atoms with Crippen molar-refractivity contribution in [2.45, 2.75) is 38.7 Å². The Hall–Kier alpha value is -2.84. The van der Waals surface area contributed by atoms with Crippen LogP contribution in [0.1, 0.15) is 41.3 Å². The summed E-state index contributed by atoms with van der Waals surface area (Å²) in [4.78, 5) is 13.7. The van der Waals surface area contributed by atoms with E-state index in [1.165, 1.54) is 22.3 Å². The second-order valence-corrected chi connectivity index (χ2v) is 7.90. The van der Waals surface area contributed by atoms with Crippen LogP contribution in [0.5, 0.6) is 5.75 Å². The largest absolute Gasteiger partial charge is 0.485 e. The van der Waals surface area contributed by atoms with Crippen molar-refractivity contribution in [1.82, 2.24) is 0 Å². The Morgan fingerprint density at radius 2 is 2.15 bits per heavy atom. The number of amides is 1. The van der Waals surface area contributed by atoms with E-state index < -0.39 is 0 Å². The van der Waals surface area contributed by atoms with Crippen molar-refractivity contribution >= 4 is 28.3 Å². The molecule has 2 heterocycles. The fourth-order valence-electron chi connectivity index (χ4n) is 3.54. The van der Waals surface area contributed by atoms with Gasteiger partial charge in [0.25, 0.3) is 0 Å². The zero-order valence-electron chi connectivity index (χ0n) is 15.1. The molecular weight excluding hydrogens is 356 g/mol. The summed E-state index contributed by atoms with van der Waals surface area (Å²) >= 11 is 1.54. The van der Waals surface area contributed by atoms with Crippen molar-refractivity contribution in [3.8, 4) is 11.8 Å². The zero-order chi connectivity index (χ0) is 18.8. The Morgan fingerprint density at radius 3 is 3.00 bits per heavy atom. The molecule has 27 heavy (non-hydrogen) atoms. The molecule has 0 spiro atoms. The summed E-state index contributed by atoms with van der Waals surface area (Å²) < 4.78 is 5.89. The number of aryl methyl sites for hydroxylation is 1. The number of carbonyl (C=O) groups is 1. The average molecular weight is 376 g/mol. The molecule has 2 aromatic rings. The van der Waals surface area contributed by atoms with E-state index in [1.54, 1.807) is 6.08 Å². The summed E-state index contributed by atoms with van der Waals surface area (Å²) in [5.74, 6) is 0.631. The molecule has 1 atom stereocenters. The molecule has 4 rings (SSSR count). The van der Waals surface area contributed by atoms with E-state index in [0.29, 0.717) is 10.6 Å². The van der Waals surface area contributed by atoms with Crippen molar-refractivity contribution in [3.63, 3.8) is 0 Å². The summed E-state index contributed by atoms with van der Waals surface area (Å²) in [6, 6.07) is 10.1. The number of nitriles is 1. The van der Waals surface area contributed by atoms with E-state index in [-0.39, 0.29) is 12.0 Å². The summed E-state index contributed by atoms with van der Waals surface area (Å²) in [7, 11) is 0. The minimum atomic E-state index is -0.225. The molecule has 1 amide bonds. The number of nitrogens with zero attached hydrogens (tertiary/aromatic N) is 1. The number of thiophene rings is 1. The van der Waals surface area contributed by atoms with E-state index >= 15 is 0 Å². The Balaban J connectivity index is 1.51. The molecule has 0 radical (unpaired) electrons. The molecule has 0 saturated carbocycles. The summed E-state index contributed by atoms with van der Waals surface area (Å²) in [5, 5.41) is 13.1. The third kappa shape index (κ3) is 3.54. The van der Waals surface area contributed by atoms with Crippen molar-refractivity contribution < 1.29 is 9.53 Å². The predicted molar refractivity (Wildman–Crippen MR) is 108 cm³/mol. The number of hydrogen-bond donors (Lipinski definition) is 1. The minimum absolute atomic E-state index is 0.118. The summed E-state index contributed by atoms with van der Waals surface area (Å²) in [6.07, 6.45) is 9.42. The van der Waals surface area contributed by atoms with Crippen LogP contribution in [0.25, 0.3) is 6.08 Å². The Kier molecular flexibility index (Phi) is 4.83. The lowest BCUT2D eigenvalue weighted by Crippen LogP contribution is -2.18. The van der Waals surface area contributed by atoms with Crippen molar-refractivity contribution in [3.05, 3.63) is 63.6 Å². The van der Waals surface area contributed by atoms with E-state index in [9.17, 15) is 10.1 Å². The normalized spacial score (nSPS) is 18.1. The Morgan fingerprint density at radius 1 is 1.33 bits per heavy atom. The van der Waals surface area contributed by atoms with E-state index in [0.717, 1.165) is 48.1 Å². The number of hydrogen-bond acceptors (Lipinski definition) is 4. The molecule has 1 unspecified atom stereocenters. The average Bonchev–Trinajstić information content (AvgIpc) is 3.03. The molecule has 2 aliphatic rings. The first kappa shape index (κ1) is 17.6. The maximum absolute atomic E-state index is 12.4. The van der Waals surface area contributed by atoms with Gasteiger partial charge in [0.15, 0.2) is 0 Å². The maximum Gasteiger partial charge on any atom is 0.249 e. The molecular formula is C22H20N2O2S. The van der Waals surface area contributed by atoms with Gasteiger partial charge in [0.1, 0.15) is 22.9 Å². The van der Waals surface area contributed by atoms with Gasteiger partial charge in [-0.3, -0.25) is 4.79 Å². The molecule has 0 bridgehead atoms. The Bertz CT molecular complexity index is 994. The fourth-order valence-corrected chi connectivity index (χ4v) is 4.79. The first-order valence-corrected chi connectivity index (χ1v) is 9.98. The molecule has 5 heteroatoms. The van der Waals surface area contributed by atoms with Gasteiger partial charge in [-0.1, -0.05) is 18.2 Å². The van der Waals surface area contributed by atoms with Gasteiger partial charge in [-0.05, 0) is 62.0 Å². The highest BCUT2D eigenvalue weighted by Crippen LogP contribution is 2.37. The monoisotopic (exact) mass is 376 g/mol. The molecule has 1 aromatic heterocycles. The first-order chi connectivity index (χ1) is 13.2. The minimum Gasteiger partial charge on any atom is -0.485 e. The molecule has 1 aliphatic heterocycles. The van der Waals surface area contributed by atoms with Crippen molar-refractivity contribution in [2.24, 2.45) is 0 Å². The Labute approximate surface area is 162 Å². The number of fused-ring (bicyclic) bond motifs is 2. The molecule has 4 nitrogen and oxygen atoms in total. The SMILES string of the molecule is CC1Oc2ccccc2C=C1C=CC(=O)Nc1sc2c(c1C#N)CCCC2. The van der Waals surface area contributed by atoms with Crippen LogP contribution in [0.15, 0.2) is 42.0 Å². The highest BCUT2D eigenvalue weighted by Gasteiger charge is 2.21. The van der Waals surface area contributed by atoms with E-state index in [1.807, 2.05) is 37.3 Å². The topological polar surface area (TPSA) is 62.1 Å². The zero-order valence-corrected chi connectivity index (χ0v) is 15.9. The van der Waals surface area contributed by atoms with Gasteiger partial charge in [0.05, 0.1) is 5.56 Å². The van der Waals surface area contributed by atoms with Crippen molar-refractivity contribution in [2.75, 3.05) is 5.32 Å². The highest BCUT2D eigenvalue weighted by atomic mass is 32.1. The van der Waals surface area contributed by atoms with E-state index in [4.69, 9.17) is 4.74 Å². The molecule has 0 fully saturated rings. The van der Waals surface area contributed by atoms with Gasteiger partial charge in [-0.2, -0.15) is 5.26 Å². The van der Waals surface area contributed by atoms with Crippen LogP contribution in [-0.2, 0) is 17.6 Å². The van der Waals surface area contributed by atoms with Gasteiger partial charge >= 0.3 is 0 Å². The van der Waals surface area contributed by atoms with Crippen LogP contribution in [0, 0.1) is 11.3 Å². The van der Waals surface area contributed by atoms with Crippen LogP contribution >= 0.6 is 11.3 Å². The van der Waals surface area contributed by atoms with Gasteiger partial charge in [0.2, 0.25) is 5.91 Å². The number of nitrogens with one attached hydrogen (secondary N) is 1. The number of carbonyl (C=O) groups excluding carboxylic acids is 1. The fraction of sp³-hybridized carbons (Fsp3) is 0.273. The standard InChI is InChI=1S/C22H20N2O2S/c1-14-15(12-16-6-2-4-8-19(16)26-14)10-11-21(25)24-22-18(13-23)17-7-3-5-9-20(17)27-22/h2,4,6,8,10-12,14H,3,5,7,9H2,1H3,(H,24,25). The number of benzene rings is 1. The maximum atomic E-state index is 12.4. The lowest BCUT2D eigenvalue weighted by molar-refractivity contribution is -0.111. The molecule has 1 aliphatic carbocycles. The van der Waals surface area contributed by atoms with Crippen LogP contribution in [0.2, 0.25) is 0 Å². The second-order valence-electron chi connectivity index (χ2n) is 6.79.